The monoisotopic (exact) mass is 465 g/mol. The lowest BCUT2D eigenvalue weighted by Crippen LogP contribution is -2.31. The number of imidazole rings is 1. The normalized spacial score (nSPS) is 12.1. The lowest BCUT2D eigenvalue weighted by Gasteiger charge is -2.15. The van der Waals surface area contributed by atoms with Gasteiger partial charge >= 0.3 is 6.18 Å². The number of nitrogens with one attached hydrogen (secondary N) is 2. The van der Waals surface area contributed by atoms with Gasteiger partial charge in [0.2, 0.25) is 11.9 Å². The van der Waals surface area contributed by atoms with E-state index >= 15 is 0 Å². The summed E-state index contributed by atoms with van der Waals surface area (Å²) in [4.78, 5) is 40.0. The van der Waals surface area contributed by atoms with Gasteiger partial charge in [-0.05, 0) is 24.1 Å². The van der Waals surface area contributed by atoms with Crippen LogP contribution in [0, 0.1) is 0 Å². The first-order chi connectivity index (χ1) is 15.0. The van der Waals surface area contributed by atoms with Gasteiger partial charge in [0.1, 0.15) is 12.1 Å². The molecule has 2 N–H and O–H groups in total. The first kappa shape index (κ1) is 21.7. The first-order valence-electron chi connectivity index (χ1n) is 9.33. The molecule has 4 rings (SSSR count). The van der Waals surface area contributed by atoms with E-state index in [9.17, 15) is 22.8 Å². The summed E-state index contributed by atoms with van der Waals surface area (Å²) in [6.45, 7) is 2.95. The molecule has 0 saturated carbocycles. The number of aromatic nitrogens is 6. The zero-order chi connectivity index (χ0) is 23.2. The third-order valence-corrected chi connectivity index (χ3v) is 4.92. The van der Waals surface area contributed by atoms with Crippen molar-refractivity contribution < 1.29 is 18.0 Å². The molecule has 0 spiro atoms. The fraction of sp³-hybridized carbons (Fsp3) is 0.263. The van der Waals surface area contributed by atoms with Crippen LogP contribution in [0.25, 0.3) is 21.9 Å². The van der Waals surface area contributed by atoms with Gasteiger partial charge in [-0.1, -0.05) is 25.4 Å². The van der Waals surface area contributed by atoms with Crippen LogP contribution in [-0.4, -0.2) is 35.6 Å². The molecule has 166 valence electrons. The number of alkyl halides is 3. The van der Waals surface area contributed by atoms with Gasteiger partial charge in [-0.2, -0.15) is 28.2 Å². The second-order valence-electron chi connectivity index (χ2n) is 7.25. The highest BCUT2D eigenvalue weighted by molar-refractivity contribution is 6.33. The average Bonchev–Trinajstić information content (AvgIpc) is 3.18. The van der Waals surface area contributed by atoms with Crippen LogP contribution in [0.2, 0.25) is 5.15 Å². The van der Waals surface area contributed by atoms with Crippen molar-refractivity contribution >= 4 is 45.4 Å². The number of H-pyrrole nitrogens is 1. The lowest BCUT2D eigenvalue weighted by molar-refractivity contribution is -0.137. The molecular formula is C19H15ClF3N7O2. The number of hydrogen-bond donors (Lipinski definition) is 2. The van der Waals surface area contributed by atoms with Gasteiger partial charge in [-0.25, -0.2) is 9.67 Å². The number of aromatic amines is 1. The van der Waals surface area contributed by atoms with Gasteiger partial charge in [0.05, 0.1) is 23.0 Å². The van der Waals surface area contributed by atoms with Crippen molar-refractivity contribution in [3.63, 3.8) is 0 Å². The van der Waals surface area contributed by atoms with E-state index in [1.54, 1.807) is 13.8 Å². The molecular weight excluding hydrogens is 451 g/mol. The van der Waals surface area contributed by atoms with E-state index in [2.05, 4.69) is 30.4 Å². The number of carbonyl (C=O) groups excluding carboxylic acids is 1. The van der Waals surface area contributed by atoms with Crippen molar-refractivity contribution in [2.75, 3.05) is 5.32 Å². The van der Waals surface area contributed by atoms with Crippen molar-refractivity contribution in [1.82, 2.24) is 29.7 Å². The van der Waals surface area contributed by atoms with Gasteiger partial charge in [-0.3, -0.25) is 14.9 Å². The minimum Gasteiger partial charge on any atom is -0.341 e. The predicted octanol–water partition coefficient (Wildman–Crippen LogP) is 3.50. The second kappa shape index (κ2) is 7.86. The molecule has 0 fully saturated rings. The van der Waals surface area contributed by atoms with E-state index in [0.717, 1.165) is 22.9 Å². The van der Waals surface area contributed by atoms with Gasteiger partial charge in [0.25, 0.3) is 5.56 Å². The number of halogens is 4. The summed E-state index contributed by atoms with van der Waals surface area (Å²) in [6, 6.07) is 2.82. The number of benzene rings is 1. The largest absolute Gasteiger partial charge is 0.416 e. The Labute approximate surface area is 182 Å². The number of anilines is 1. The van der Waals surface area contributed by atoms with Gasteiger partial charge in [0, 0.05) is 5.39 Å². The molecule has 0 bridgehead atoms. The van der Waals surface area contributed by atoms with E-state index in [1.165, 1.54) is 6.33 Å². The third-order valence-electron chi connectivity index (χ3n) is 4.65. The van der Waals surface area contributed by atoms with Crippen molar-refractivity contribution in [3.05, 3.63) is 51.3 Å². The molecule has 0 aliphatic carbocycles. The molecule has 3 heterocycles. The molecule has 0 atom stereocenters. The smallest absolute Gasteiger partial charge is 0.341 e. The van der Waals surface area contributed by atoms with E-state index in [-0.39, 0.29) is 39.1 Å². The predicted molar refractivity (Wildman–Crippen MR) is 110 cm³/mol. The number of carbonyl (C=O) groups is 1. The molecule has 3 aromatic heterocycles. The molecule has 0 radical (unpaired) electrons. The summed E-state index contributed by atoms with van der Waals surface area (Å²) in [5.74, 6) is -1.10. The Morgan fingerprint density at radius 3 is 2.69 bits per heavy atom. The Hall–Kier alpha value is -3.54. The van der Waals surface area contributed by atoms with Crippen LogP contribution in [-0.2, 0) is 17.5 Å². The summed E-state index contributed by atoms with van der Waals surface area (Å²) in [5, 5.41) is 6.74. The highest BCUT2D eigenvalue weighted by atomic mass is 35.5. The summed E-state index contributed by atoms with van der Waals surface area (Å²) < 4.78 is 40.3. The van der Waals surface area contributed by atoms with Crippen LogP contribution < -0.4 is 10.9 Å². The maximum atomic E-state index is 13.1. The Morgan fingerprint density at radius 2 is 2.00 bits per heavy atom. The van der Waals surface area contributed by atoms with E-state index in [1.807, 2.05) is 0 Å². The van der Waals surface area contributed by atoms with Gasteiger partial charge in [-0.15, -0.1) is 0 Å². The fourth-order valence-corrected chi connectivity index (χ4v) is 3.39. The minimum absolute atomic E-state index is 0.0294. The lowest BCUT2D eigenvalue weighted by atomic mass is 10.0. The zero-order valence-corrected chi connectivity index (χ0v) is 17.4. The molecule has 0 unspecified atom stereocenters. The number of hydrogen-bond acceptors (Lipinski definition) is 6. The fourth-order valence-electron chi connectivity index (χ4n) is 3.17. The Kier molecular flexibility index (Phi) is 5.33. The number of rotatable bonds is 4. The maximum Gasteiger partial charge on any atom is 0.416 e. The van der Waals surface area contributed by atoms with Gasteiger partial charge < -0.3 is 4.98 Å². The first-order valence-corrected chi connectivity index (χ1v) is 9.71. The standard InChI is InChI=1S/C19H15ClF3N7O2/c1-8(2)13-11-5-9(19(21,22)23)3-4-10(11)17(32)30(29-13)6-12(31)26-18-27-15(20)14-16(28-18)25-7-24-14/h3-5,7-8H,6H2,1-2H3,(H2,24,25,26,27,28,31). The summed E-state index contributed by atoms with van der Waals surface area (Å²) in [7, 11) is 0. The van der Waals surface area contributed by atoms with Crippen LogP contribution in [0.5, 0.6) is 0 Å². The number of fused-ring (bicyclic) bond motifs is 2. The SMILES string of the molecule is CC(C)c1nn(CC(=O)Nc2nc(Cl)c3[nH]cnc3n2)c(=O)c2ccc(C(F)(F)F)cc12. The van der Waals surface area contributed by atoms with E-state index < -0.39 is 29.8 Å². The van der Waals surface area contributed by atoms with Crippen LogP contribution in [0.1, 0.15) is 31.0 Å². The van der Waals surface area contributed by atoms with Crippen molar-refractivity contribution in [2.45, 2.75) is 32.5 Å². The Bertz CT molecular complexity index is 1410. The molecule has 0 aliphatic heterocycles. The summed E-state index contributed by atoms with van der Waals surface area (Å²) >= 11 is 6.02. The highest BCUT2D eigenvalue weighted by Gasteiger charge is 2.31. The van der Waals surface area contributed by atoms with Crippen LogP contribution in [0.15, 0.2) is 29.3 Å². The minimum atomic E-state index is -4.56. The van der Waals surface area contributed by atoms with E-state index in [0.29, 0.717) is 5.52 Å². The Balaban J connectivity index is 1.69. The molecule has 4 aromatic rings. The number of amides is 1. The van der Waals surface area contributed by atoms with E-state index in [4.69, 9.17) is 11.6 Å². The summed E-state index contributed by atoms with van der Waals surface area (Å²) in [5.41, 5.74) is -0.683. The second-order valence-corrected chi connectivity index (χ2v) is 7.61. The summed E-state index contributed by atoms with van der Waals surface area (Å²) in [6.07, 6.45) is -3.19. The molecule has 0 aliphatic rings. The molecule has 1 amide bonds. The third kappa shape index (κ3) is 4.00. The maximum absolute atomic E-state index is 13.1. The van der Waals surface area contributed by atoms with Crippen molar-refractivity contribution in [2.24, 2.45) is 0 Å². The molecule has 0 saturated heterocycles. The molecule has 9 nitrogen and oxygen atoms in total. The van der Waals surface area contributed by atoms with Gasteiger partial charge in [0.15, 0.2) is 10.8 Å². The highest BCUT2D eigenvalue weighted by Crippen LogP contribution is 2.32. The Morgan fingerprint density at radius 1 is 1.25 bits per heavy atom. The van der Waals surface area contributed by atoms with Crippen LogP contribution in [0.4, 0.5) is 19.1 Å². The average molecular weight is 466 g/mol. The number of nitrogens with zero attached hydrogens (tertiary/aromatic N) is 5. The van der Waals surface area contributed by atoms with Crippen molar-refractivity contribution in [3.8, 4) is 0 Å². The molecule has 32 heavy (non-hydrogen) atoms. The quantitative estimate of drug-likeness (QED) is 0.445. The van der Waals surface area contributed by atoms with Crippen LogP contribution in [0.3, 0.4) is 0 Å². The van der Waals surface area contributed by atoms with Crippen molar-refractivity contribution in [1.29, 1.82) is 0 Å². The van der Waals surface area contributed by atoms with Crippen LogP contribution >= 0.6 is 11.6 Å². The topological polar surface area (TPSA) is 118 Å². The molecule has 1 aromatic carbocycles. The molecule has 13 heteroatoms. The zero-order valence-electron chi connectivity index (χ0n) is 16.7.